The van der Waals surface area contributed by atoms with Gasteiger partial charge in [0.15, 0.2) is 17.2 Å². The fraction of sp³-hybridized carbons (Fsp3) is 0.360. The third-order valence-electron chi connectivity index (χ3n) is 5.40. The van der Waals surface area contributed by atoms with Gasteiger partial charge in [-0.15, -0.1) is 0 Å². The molecule has 10 nitrogen and oxygen atoms in total. The highest BCUT2D eigenvalue weighted by molar-refractivity contribution is 5.73. The van der Waals surface area contributed by atoms with E-state index in [1.54, 1.807) is 33.8 Å². The molecular weight excluding hydrogens is 467 g/mol. The molecule has 0 fully saturated rings. The number of nitrogens with zero attached hydrogens (tertiary/aromatic N) is 6. The molecule has 4 aromatic rings. The lowest BCUT2D eigenvalue weighted by atomic mass is 10.2. The Balaban J connectivity index is 1.91. The quantitative estimate of drug-likeness (QED) is 0.379. The lowest BCUT2D eigenvalue weighted by Gasteiger charge is -2.17. The molecule has 11 heteroatoms. The maximum absolute atomic E-state index is 15.1. The summed E-state index contributed by atoms with van der Waals surface area (Å²) in [7, 11) is 4.67. The number of methoxy groups -OCH3 is 2. The highest BCUT2D eigenvalue weighted by atomic mass is 19.1. The Hall–Kier alpha value is -3.83. The van der Waals surface area contributed by atoms with Gasteiger partial charge in [0.05, 0.1) is 57.7 Å². The second kappa shape index (κ2) is 10.8. The average molecular weight is 497 g/mol. The normalized spacial score (nSPS) is 12.9. The molecule has 0 amide bonds. The van der Waals surface area contributed by atoms with Crippen LogP contribution in [0.3, 0.4) is 0 Å². The first kappa shape index (κ1) is 25.3. The number of rotatable bonds is 9. The van der Waals surface area contributed by atoms with E-state index in [9.17, 15) is 5.11 Å². The molecule has 0 saturated carbocycles. The first-order chi connectivity index (χ1) is 17.3. The first-order valence-corrected chi connectivity index (χ1v) is 11.4. The van der Waals surface area contributed by atoms with Gasteiger partial charge in [0.2, 0.25) is 0 Å². The number of ether oxygens (including phenoxy) is 3. The summed E-state index contributed by atoms with van der Waals surface area (Å²) in [5, 5.41) is 14.9. The number of aliphatic hydroxyl groups is 1. The van der Waals surface area contributed by atoms with Gasteiger partial charge in [-0.2, -0.15) is 5.10 Å². The molecule has 3 aromatic heterocycles. The van der Waals surface area contributed by atoms with Gasteiger partial charge in [0.1, 0.15) is 22.4 Å². The fourth-order valence-corrected chi connectivity index (χ4v) is 3.62. The van der Waals surface area contributed by atoms with Gasteiger partial charge in [-0.1, -0.05) is 0 Å². The first-order valence-electron chi connectivity index (χ1n) is 11.4. The maximum Gasteiger partial charge on any atom is 0.190 e. The van der Waals surface area contributed by atoms with Gasteiger partial charge in [-0.05, 0) is 26.0 Å². The summed E-state index contributed by atoms with van der Waals surface area (Å²) in [6, 6.07) is 6.36. The van der Waals surface area contributed by atoms with Crippen molar-refractivity contribution >= 4 is 16.9 Å². The van der Waals surface area contributed by atoms with Gasteiger partial charge >= 0.3 is 0 Å². The predicted octanol–water partition coefficient (Wildman–Crippen LogP) is 3.01. The van der Waals surface area contributed by atoms with E-state index in [1.807, 2.05) is 27.1 Å². The topological polar surface area (TPSA) is 109 Å². The van der Waals surface area contributed by atoms with Crippen LogP contribution in [0.2, 0.25) is 0 Å². The Morgan fingerprint density at radius 1 is 1.14 bits per heavy atom. The van der Waals surface area contributed by atoms with E-state index in [1.165, 1.54) is 26.4 Å². The minimum Gasteiger partial charge on any atom is -0.497 e. The van der Waals surface area contributed by atoms with E-state index < -0.39 is 11.9 Å². The van der Waals surface area contributed by atoms with Crippen molar-refractivity contribution in [3.63, 3.8) is 0 Å². The summed E-state index contributed by atoms with van der Waals surface area (Å²) in [4.78, 5) is 13.9. The van der Waals surface area contributed by atoms with E-state index in [-0.39, 0.29) is 30.7 Å². The Bertz CT molecular complexity index is 1430. The number of hydrogen-bond donors (Lipinski definition) is 1. The number of aliphatic hydroxyl groups excluding tert-OH is 1. The molecule has 0 spiro atoms. The van der Waals surface area contributed by atoms with E-state index >= 15 is 4.39 Å². The molecule has 0 bridgehead atoms. The average Bonchev–Trinajstić information content (AvgIpc) is 3.31. The standard InChI is InChI=1S/C25H29FN6O4/c1-15(2)36-14-17(33)13-32-23(29-20-8-18(34-4)9-22(35-5)24(20)26)7-6-19-25(32)30-21(11-27-19)16-10-28-31(3)12-16/h6-12,15,17,33H,13-14H2,1-5H3/b29-23+. The monoisotopic (exact) mass is 496 g/mol. The predicted molar refractivity (Wildman–Crippen MR) is 132 cm³/mol. The fourth-order valence-electron chi connectivity index (χ4n) is 3.62. The Kier molecular flexibility index (Phi) is 7.61. The van der Waals surface area contributed by atoms with Crippen LogP contribution >= 0.6 is 0 Å². The summed E-state index contributed by atoms with van der Waals surface area (Å²) in [6.07, 6.45) is 4.27. The molecule has 1 aromatic carbocycles. The summed E-state index contributed by atoms with van der Waals surface area (Å²) in [5.74, 6) is -0.239. The van der Waals surface area contributed by atoms with Crippen LogP contribution in [0.25, 0.3) is 22.4 Å². The molecule has 3 heterocycles. The molecule has 0 saturated heterocycles. The van der Waals surface area contributed by atoms with Crippen LogP contribution in [0.15, 0.2) is 47.8 Å². The van der Waals surface area contributed by atoms with Gasteiger partial charge in [0, 0.05) is 30.9 Å². The second-order valence-corrected chi connectivity index (χ2v) is 8.48. The van der Waals surface area contributed by atoms with Crippen LogP contribution in [0.1, 0.15) is 13.8 Å². The third kappa shape index (κ3) is 5.52. The molecule has 190 valence electrons. The third-order valence-corrected chi connectivity index (χ3v) is 5.40. The van der Waals surface area contributed by atoms with Crippen LogP contribution in [0, 0.1) is 5.82 Å². The molecule has 0 aliphatic carbocycles. The lowest BCUT2D eigenvalue weighted by Crippen LogP contribution is -2.31. The van der Waals surface area contributed by atoms with Crippen molar-refractivity contribution in [2.24, 2.45) is 12.0 Å². The van der Waals surface area contributed by atoms with E-state index in [4.69, 9.17) is 19.2 Å². The van der Waals surface area contributed by atoms with Crippen molar-refractivity contribution in [1.29, 1.82) is 0 Å². The Morgan fingerprint density at radius 3 is 2.61 bits per heavy atom. The molecule has 1 N–H and O–H groups in total. The van der Waals surface area contributed by atoms with Crippen molar-refractivity contribution in [2.75, 3.05) is 20.8 Å². The molecule has 0 aliphatic heterocycles. The van der Waals surface area contributed by atoms with Crippen LogP contribution < -0.4 is 15.0 Å². The lowest BCUT2D eigenvalue weighted by molar-refractivity contribution is -0.000711. The van der Waals surface area contributed by atoms with Gasteiger partial charge < -0.3 is 23.9 Å². The molecule has 0 radical (unpaired) electrons. The van der Waals surface area contributed by atoms with E-state index in [2.05, 4.69) is 15.1 Å². The number of aryl methyl sites for hydroxylation is 1. The number of aromatic nitrogens is 5. The van der Waals surface area contributed by atoms with Gasteiger partial charge in [0.25, 0.3) is 0 Å². The van der Waals surface area contributed by atoms with Crippen LogP contribution in [0.4, 0.5) is 10.1 Å². The van der Waals surface area contributed by atoms with Crippen molar-refractivity contribution in [2.45, 2.75) is 32.6 Å². The second-order valence-electron chi connectivity index (χ2n) is 8.48. The van der Waals surface area contributed by atoms with Crippen molar-refractivity contribution in [3.05, 3.63) is 54.2 Å². The molecule has 1 unspecified atom stereocenters. The largest absolute Gasteiger partial charge is 0.497 e. The summed E-state index contributed by atoms with van der Waals surface area (Å²) < 4.78 is 34.5. The molecule has 0 aliphatic rings. The summed E-state index contributed by atoms with van der Waals surface area (Å²) >= 11 is 0. The summed E-state index contributed by atoms with van der Waals surface area (Å²) in [6.45, 7) is 3.99. The number of fused-ring (bicyclic) bond motifs is 1. The van der Waals surface area contributed by atoms with Gasteiger partial charge in [-0.3, -0.25) is 9.67 Å². The van der Waals surface area contributed by atoms with Crippen molar-refractivity contribution in [3.8, 4) is 22.8 Å². The highest BCUT2D eigenvalue weighted by Gasteiger charge is 2.16. The van der Waals surface area contributed by atoms with Crippen LogP contribution in [-0.4, -0.2) is 62.5 Å². The van der Waals surface area contributed by atoms with E-state index in [0.29, 0.717) is 28.1 Å². The summed E-state index contributed by atoms with van der Waals surface area (Å²) in [5.41, 5.74) is 2.82. The van der Waals surface area contributed by atoms with Gasteiger partial charge in [-0.25, -0.2) is 14.4 Å². The van der Waals surface area contributed by atoms with Crippen molar-refractivity contribution in [1.82, 2.24) is 24.3 Å². The van der Waals surface area contributed by atoms with Crippen molar-refractivity contribution < 1.29 is 23.7 Å². The molecule has 36 heavy (non-hydrogen) atoms. The number of hydrogen-bond acceptors (Lipinski definition) is 8. The number of benzene rings is 1. The molecular formula is C25H29FN6O4. The number of pyridine rings is 1. The zero-order valence-corrected chi connectivity index (χ0v) is 20.8. The number of halogens is 1. The zero-order chi connectivity index (χ0) is 25.8. The Morgan fingerprint density at radius 2 is 1.94 bits per heavy atom. The molecule has 4 rings (SSSR count). The van der Waals surface area contributed by atoms with E-state index in [0.717, 1.165) is 5.56 Å². The highest BCUT2D eigenvalue weighted by Crippen LogP contribution is 2.32. The maximum atomic E-state index is 15.1. The smallest absolute Gasteiger partial charge is 0.190 e. The minimum atomic E-state index is -0.870. The van der Waals surface area contributed by atoms with Crippen LogP contribution in [-0.2, 0) is 18.3 Å². The van der Waals surface area contributed by atoms with Crippen LogP contribution in [0.5, 0.6) is 11.5 Å². The zero-order valence-electron chi connectivity index (χ0n) is 20.8. The minimum absolute atomic E-state index is 0.00413. The molecule has 1 atom stereocenters. The SMILES string of the molecule is COc1cc(/N=c2\ccc3ncc(-c4cnn(C)c4)nc3n2CC(O)COC(C)C)c(F)c(OC)c1. The Labute approximate surface area is 207 Å².